The lowest BCUT2D eigenvalue weighted by atomic mass is 10.1. The van der Waals surface area contributed by atoms with E-state index in [4.69, 9.17) is 18.5 Å². The van der Waals surface area contributed by atoms with E-state index in [9.17, 15) is 9.36 Å². The average molecular weight is 391 g/mol. The smallest absolute Gasteiger partial charge is 0.367 e. The van der Waals surface area contributed by atoms with E-state index in [1.807, 2.05) is 53.4 Å². The molecule has 0 fully saturated rings. The van der Waals surface area contributed by atoms with Crippen molar-refractivity contribution in [3.8, 4) is 11.5 Å². The Bertz CT molecular complexity index is 810. The minimum absolute atomic E-state index is 0.110. The van der Waals surface area contributed by atoms with Crippen LogP contribution in [-0.2, 0) is 23.1 Å². The third-order valence-electron chi connectivity index (χ3n) is 4.06. The maximum atomic E-state index is 12.2. The Hall–Kier alpha value is -2.34. The summed E-state index contributed by atoms with van der Waals surface area (Å²) in [6.07, 6.45) is -0.287. The molecule has 1 aliphatic rings. The Morgan fingerprint density at radius 3 is 2.22 bits per heavy atom. The number of carbonyl (C=O) groups excluding carboxylic acids is 1. The largest absolute Gasteiger partial charge is 0.453 e. The molecule has 1 aliphatic heterocycles. The number of anilines is 2. The highest BCUT2D eigenvalue weighted by atomic mass is 31.2. The van der Waals surface area contributed by atoms with E-state index in [1.165, 1.54) is 7.11 Å². The van der Waals surface area contributed by atoms with Crippen LogP contribution in [0.5, 0.6) is 11.5 Å². The summed E-state index contributed by atoms with van der Waals surface area (Å²) >= 11 is 0. The van der Waals surface area contributed by atoms with Crippen LogP contribution in [0.3, 0.4) is 0 Å². The van der Waals surface area contributed by atoms with Crippen molar-refractivity contribution in [2.75, 3.05) is 31.5 Å². The molecule has 7 nitrogen and oxygen atoms in total. The molecule has 2 aromatic rings. The van der Waals surface area contributed by atoms with Crippen molar-refractivity contribution >= 4 is 24.9 Å². The molecule has 3 rings (SSSR count). The van der Waals surface area contributed by atoms with Gasteiger partial charge in [0.05, 0.1) is 24.4 Å². The number of esters is 1. The quantitative estimate of drug-likeness (QED) is 0.477. The molecule has 0 amide bonds. The van der Waals surface area contributed by atoms with Crippen molar-refractivity contribution < 1.29 is 27.9 Å². The Kier molecular flexibility index (Phi) is 6.16. The Morgan fingerprint density at radius 2 is 1.67 bits per heavy atom. The zero-order valence-corrected chi connectivity index (χ0v) is 16.2. The van der Waals surface area contributed by atoms with Gasteiger partial charge >= 0.3 is 13.6 Å². The fraction of sp³-hybridized carbons (Fsp3) is 0.316. The highest BCUT2D eigenvalue weighted by Crippen LogP contribution is 2.47. The van der Waals surface area contributed by atoms with Crippen LogP contribution in [-0.4, -0.2) is 32.6 Å². The van der Waals surface area contributed by atoms with Crippen LogP contribution in [0.1, 0.15) is 13.3 Å². The first-order valence-corrected chi connectivity index (χ1v) is 10.4. The molecule has 0 bridgehead atoms. The van der Waals surface area contributed by atoms with Gasteiger partial charge in [-0.05, 0) is 31.2 Å². The normalized spacial score (nSPS) is 14.5. The standard InChI is InChI=1S/C19H22NO6P/c1-3-25-27(22,23-2)14-24-19(21)12-13-20-15-8-4-6-10-17(15)26-18-11-7-5-9-16(18)20/h4-11H,3,12-14H2,1-2H3. The molecule has 2 aromatic carbocycles. The molecule has 144 valence electrons. The van der Waals surface area contributed by atoms with Crippen LogP contribution in [0.4, 0.5) is 11.4 Å². The molecule has 27 heavy (non-hydrogen) atoms. The second-order valence-corrected chi connectivity index (χ2v) is 7.90. The van der Waals surface area contributed by atoms with Crippen molar-refractivity contribution in [1.29, 1.82) is 0 Å². The van der Waals surface area contributed by atoms with Crippen molar-refractivity contribution in [2.45, 2.75) is 13.3 Å². The van der Waals surface area contributed by atoms with Gasteiger partial charge in [0.25, 0.3) is 0 Å². The van der Waals surface area contributed by atoms with Crippen molar-refractivity contribution in [3.63, 3.8) is 0 Å². The highest BCUT2D eigenvalue weighted by molar-refractivity contribution is 7.53. The molecule has 0 saturated heterocycles. The number of nitrogens with zero attached hydrogens (tertiary/aromatic N) is 1. The summed E-state index contributed by atoms with van der Waals surface area (Å²) in [6, 6.07) is 15.3. The Balaban J connectivity index is 1.68. The number of hydrogen-bond acceptors (Lipinski definition) is 7. The molecule has 0 saturated carbocycles. The fourth-order valence-electron chi connectivity index (χ4n) is 2.79. The van der Waals surface area contributed by atoms with Crippen LogP contribution in [0.2, 0.25) is 0 Å². The lowest BCUT2D eigenvalue weighted by Gasteiger charge is -2.32. The van der Waals surface area contributed by atoms with Gasteiger partial charge in [0, 0.05) is 13.7 Å². The lowest BCUT2D eigenvalue weighted by Crippen LogP contribution is -2.25. The number of ether oxygens (including phenoxy) is 2. The van der Waals surface area contributed by atoms with Gasteiger partial charge in [-0.1, -0.05) is 24.3 Å². The third kappa shape index (κ3) is 4.50. The number of benzene rings is 2. The van der Waals surface area contributed by atoms with E-state index in [-0.39, 0.29) is 13.0 Å². The first-order valence-electron chi connectivity index (χ1n) is 8.64. The van der Waals surface area contributed by atoms with Gasteiger partial charge in [0.1, 0.15) is 0 Å². The zero-order valence-electron chi connectivity index (χ0n) is 15.3. The van der Waals surface area contributed by atoms with Gasteiger partial charge < -0.3 is 23.4 Å². The van der Waals surface area contributed by atoms with E-state index in [0.29, 0.717) is 6.54 Å². The minimum Gasteiger partial charge on any atom is -0.453 e. The molecule has 0 spiro atoms. The maximum Gasteiger partial charge on any atom is 0.367 e. The van der Waals surface area contributed by atoms with Crippen molar-refractivity contribution in [1.82, 2.24) is 0 Å². The van der Waals surface area contributed by atoms with Gasteiger partial charge in [0.15, 0.2) is 17.8 Å². The van der Waals surface area contributed by atoms with Gasteiger partial charge in [-0.25, -0.2) is 0 Å². The van der Waals surface area contributed by atoms with Crippen LogP contribution in [0.25, 0.3) is 0 Å². The lowest BCUT2D eigenvalue weighted by molar-refractivity contribution is -0.141. The van der Waals surface area contributed by atoms with Crippen LogP contribution >= 0.6 is 7.60 Å². The van der Waals surface area contributed by atoms with E-state index in [2.05, 4.69) is 0 Å². The molecule has 0 radical (unpaired) electrons. The van der Waals surface area contributed by atoms with Gasteiger partial charge in [-0.15, -0.1) is 0 Å². The molecule has 0 aromatic heterocycles. The highest BCUT2D eigenvalue weighted by Gasteiger charge is 2.27. The molecule has 1 heterocycles. The summed E-state index contributed by atoms with van der Waals surface area (Å²) in [4.78, 5) is 14.2. The number of hydrogen-bond donors (Lipinski definition) is 0. The molecule has 0 N–H and O–H groups in total. The summed E-state index contributed by atoms with van der Waals surface area (Å²) < 4.78 is 33.1. The second-order valence-electron chi connectivity index (χ2n) is 5.80. The summed E-state index contributed by atoms with van der Waals surface area (Å²) in [6.45, 7) is 2.30. The number of fused-ring (bicyclic) bond motifs is 2. The topological polar surface area (TPSA) is 74.3 Å². The average Bonchev–Trinajstić information content (AvgIpc) is 2.69. The SMILES string of the molecule is CCOP(=O)(COC(=O)CCN1c2ccccc2Oc2ccccc21)OC. The summed E-state index contributed by atoms with van der Waals surface area (Å²) in [7, 11) is -2.12. The van der Waals surface area contributed by atoms with Crippen molar-refractivity contribution in [2.24, 2.45) is 0 Å². The molecule has 1 unspecified atom stereocenters. The Morgan fingerprint density at radius 1 is 1.07 bits per heavy atom. The van der Waals surface area contributed by atoms with E-state index in [1.54, 1.807) is 6.92 Å². The van der Waals surface area contributed by atoms with Crippen molar-refractivity contribution in [3.05, 3.63) is 48.5 Å². The zero-order chi connectivity index (χ0) is 19.3. The van der Waals surface area contributed by atoms with E-state index >= 15 is 0 Å². The fourth-order valence-corrected chi connectivity index (χ4v) is 3.77. The summed E-state index contributed by atoms with van der Waals surface area (Å²) in [5.74, 6) is 0.975. The molecular weight excluding hydrogens is 369 g/mol. The summed E-state index contributed by atoms with van der Waals surface area (Å²) in [5.41, 5.74) is 1.75. The molecule has 0 aliphatic carbocycles. The molecular formula is C19H22NO6P. The monoisotopic (exact) mass is 391 g/mol. The predicted molar refractivity (Wildman–Crippen MR) is 102 cm³/mol. The van der Waals surface area contributed by atoms with E-state index in [0.717, 1.165) is 22.9 Å². The third-order valence-corrected chi connectivity index (χ3v) is 5.71. The van der Waals surface area contributed by atoms with Crippen LogP contribution in [0, 0.1) is 0 Å². The van der Waals surface area contributed by atoms with Crippen LogP contribution < -0.4 is 9.64 Å². The number of para-hydroxylation sites is 4. The number of rotatable bonds is 8. The molecule has 8 heteroatoms. The van der Waals surface area contributed by atoms with Gasteiger partial charge in [-0.2, -0.15) is 0 Å². The van der Waals surface area contributed by atoms with Gasteiger partial charge in [-0.3, -0.25) is 9.36 Å². The second kappa shape index (κ2) is 8.57. The predicted octanol–water partition coefficient (Wildman–Crippen LogP) is 4.70. The number of carbonyl (C=O) groups is 1. The minimum atomic E-state index is -3.39. The Labute approximate surface area is 158 Å². The summed E-state index contributed by atoms with van der Waals surface area (Å²) in [5, 5.41) is 0. The molecule has 1 atom stereocenters. The van der Waals surface area contributed by atoms with Gasteiger partial charge in [0.2, 0.25) is 0 Å². The first kappa shape index (κ1) is 19.4. The maximum absolute atomic E-state index is 12.2. The first-order chi connectivity index (χ1) is 13.1. The van der Waals surface area contributed by atoms with E-state index < -0.39 is 19.9 Å². The van der Waals surface area contributed by atoms with Crippen LogP contribution in [0.15, 0.2) is 48.5 Å².